The van der Waals surface area contributed by atoms with Gasteiger partial charge in [0, 0.05) is 12.3 Å². The van der Waals surface area contributed by atoms with Crippen LogP contribution in [-0.4, -0.2) is 10.9 Å². The molecule has 0 radical (unpaired) electrons. The highest BCUT2D eigenvalue weighted by Crippen LogP contribution is 2.30. The highest BCUT2D eigenvalue weighted by atomic mass is 32.1. The van der Waals surface area contributed by atoms with Gasteiger partial charge in [0.2, 0.25) is 0 Å². The minimum atomic E-state index is 0.176. The average molecular weight is 307 g/mol. The summed E-state index contributed by atoms with van der Waals surface area (Å²) in [5, 5.41) is 15.0. The topological polar surface area (TPSA) is 32.6 Å². The molecule has 0 atom stereocenters. The fraction of sp³-hybridized carbons (Fsp3) is 0.105. The van der Waals surface area contributed by atoms with E-state index in [2.05, 4.69) is 29.4 Å². The summed E-state index contributed by atoms with van der Waals surface area (Å²) in [7, 11) is 0. The molecular weight excluding hydrogens is 290 g/mol. The molecule has 3 rings (SSSR count). The molecule has 0 aliphatic heterocycles. The molecule has 0 saturated heterocycles. The first kappa shape index (κ1) is 14.5. The maximum absolute atomic E-state index is 9.44. The fourth-order valence-electron chi connectivity index (χ4n) is 2.63. The van der Waals surface area contributed by atoms with Crippen molar-refractivity contribution >= 4 is 17.0 Å². The van der Waals surface area contributed by atoms with Gasteiger partial charge in [-0.2, -0.15) is 0 Å². The van der Waals surface area contributed by atoms with Gasteiger partial charge in [0.1, 0.15) is 0 Å². The summed E-state index contributed by atoms with van der Waals surface area (Å²) < 4.78 is 0. The predicted molar refractivity (Wildman–Crippen MR) is 92.0 cm³/mol. The monoisotopic (exact) mass is 307 g/mol. The second kappa shape index (κ2) is 7.05. The lowest BCUT2D eigenvalue weighted by atomic mass is 9.86. The third-order valence-electron chi connectivity index (χ3n) is 3.73. The van der Waals surface area contributed by atoms with E-state index in [1.54, 1.807) is 11.3 Å². The van der Waals surface area contributed by atoms with E-state index in [0.717, 1.165) is 10.6 Å². The van der Waals surface area contributed by atoms with E-state index in [1.165, 1.54) is 11.1 Å². The van der Waals surface area contributed by atoms with Crippen LogP contribution in [0.4, 0.5) is 0 Å². The molecule has 3 heteroatoms. The summed E-state index contributed by atoms with van der Waals surface area (Å²) >= 11 is 1.60. The molecule has 2 nitrogen and oxygen atoms in total. The normalized spacial score (nSPS) is 11.8. The van der Waals surface area contributed by atoms with Crippen LogP contribution in [0.1, 0.15) is 28.3 Å². The smallest absolute Gasteiger partial charge is 0.0976 e. The van der Waals surface area contributed by atoms with Crippen LogP contribution in [0.15, 0.2) is 83.3 Å². The first-order valence-corrected chi connectivity index (χ1v) is 8.11. The van der Waals surface area contributed by atoms with Crippen molar-refractivity contribution < 1.29 is 5.21 Å². The van der Waals surface area contributed by atoms with Gasteiger partial charge in [-0.3, -0.25) is 0 Å². The van der Waals surface area contributed by atoms with Gasteiger partial charge in [-0.15, -0.1) is 11.3 Å². The Morgan fingerprint density at radius 3 is 1.91 bits per heavy atom. The Bertz CT molecular complexity index is 681. The van der Waals surface area contributed by atoms with Crippen LogP contribution in [0.25, 0.3) is 0 Å². The molecule has 0 bridgehead atoms. The standard InChI is InChI=1S/C19H17NOS/c21-20-18(19-12-7-13-22-19)14-17(15-8-3-1-4-9-15)16-10-5-2-6-11-16/h1-13,17,21H,14H2/b20-18+. The number of rotatable bonds is 5. The van der Waals surface area contributed by atoms with Crippen molar-refractivity contribution in [2.45, 2.75) is 12.3 Å². The van der Waals surface area contributed by atoms with Gasteiger partial charge in [-0.05, 0) is 22.6 Å². The van der Waals surface area contributed by atoms with Crippen LogP contribution in [0.2, 0.25) is 0 Å². The van der Waals surface area contributed by atoms with Gasteiger partial charge in [-0.25, -0.2) is 0 Å². The largest absolute Gasteiger partial charge is 0.411 e. The average Bonchev–Trinajstić information content (AvgIpc) is 3.12. The van der Waals surface area contributed by atoms with Crippen LogP contribution in [0.3, 0.4) is 0 Å². The van der Waals surface area contributed by atoms with E-state index in [1.807, 2.05) is 53.9 Å². The van der Waals surface area contributed by atoms with Gasteiger partial charge in [0.15, 0.2) is 0 Å². The van der Waals surface area contributed by atoms with Gasteiger partial charge < -0.3 is 5.21 Å². The molecule has 1 heterocycles. The molecule has 0 unspecified atom stereocenters. The molecule has 0 saturated carbocycles. The third kappa shape index (κ3) is 3.26. The zero-order valence-corrected chi connectivity index (χ0v) is 12.9. The first-order chi connectivity index (χ1) is 10.9. The van der Waals surface area contributed by atoms with E-state index in [9.17, 15) is 5.21 Å². The summed E-state index contributed by atoms with van der Waals surface area (Å²) in [4.78, 5) is 1.01. The Kier molecular flexibility index (Phi) is 4.66. The molecule has 0 aliphatic carbocycles. The fourth-order valence-corrected chi connectivity index (χ4v) is 3.35. The highest BCUT2D eigenvalue weighted by molar-refractivity contribution is 7.12. The first-order valence-electron chi connectivity index (χ1n) is 7.23. The van der Waals surface area contributed by atoms with Crippen LogP contribution < -0.4 is 0 Å². The molecule has 1 N–H and O–H groups in total. The summed E-state index contributed by atoms with van der Waals surface area (Å²) in [6.45, 7) is 0. The van der Waals surface area contributed by atoms with E-state index >= 15 is 0 Å². The van der Waals surface area contributed by atoms with Crippen molar-refractivity contribution in [2.24, 2.45) is 5.16 Å². The SMILES string of the molecule is O/N=C(\CC(c1ccccc1)c1ccccc1)c1cccs1. The lowest BCUT2D eigenvalue weighted by Crippen LogP contribution is -2.09. The lowest BCUT2D eigenvalue weighted by Gasteiger charge is -2.18. The Labute approximate surface area is 134 Å². The van der Waals surface area contributed by atoms with Crippen LogP contribution in [0.5, 0.6) is 0 Å². The third-order valence-corrected chi connectivity index (χ3v) is 4.65. The Balaban J connectivity index is 1.96. The van der Waals surface area contributed by atoms with E-state index in [4.69, 9.17) is 0 Å². The van der Waals surface area contributed by atoms with Crippen molar-refractivity contribution in [3.05, 3.63) is 94.2 Å². The lowest BCUT2D eigenvalue weighted by molar-refractivity contribution is 0.318. The zero-order chi connectivity index (χ0) is 15.2. The Morgan fingerprint density at radius 1 is 0.864 bits per heavy atom. The summed E-state index contributed by atoms with van der Waals surface area (Å²) in [6, 6.07) is 24.7. The van der Waals surface area contributed by atoms with Crippen molar-refractivity contribution in [1.82, 2.24) is 0 Å². The predicted octanol–water partition coefficient (Wildman–Crippen LogP) is 5.15. The molecule has 22 heavy (non-hydrogen) atoms. The Morgan fingerprint density at radius 2 is 1.45 bits per heavy atom. The van der Waals surface area contributed by atoms with Gasteiger partial charge in [0.25, 0.3) is 0 Å². The van der Waals surface area contributed by atoms with Crippen molar-refractivity contribution in [3.63, 3.8) is 0 Å². The van der Waals surface area contributed by atoms with E-state index in [-0.39, 0.29) is 5.92 Å². The molecule has 0 spiro atoms. The van der Waals surface area contributed by atoms with Gasteiger partial charge in [-0.1, -0.05) is 71.9 Å². The van der Waals surface area contributed by atoms with Crippen molar-refractivity contribution in [3.8, 4) is 0 Å². The number of hydrogen-bond donors (Lipinski definition) is 1. The molecule has 1 aromatic heterocycles. The quantitative estimate of drug-likeness (QED) is 0.395. The van der Waals surface area contributed by atoms with Crippen LogP contribution in [0, 0.1) is 0 Å². The molecule has 0 fully saturated rings. The number of hydrogen-bond acceptors (Lipinski definition) is 3. The summed E-state index contributed by atoms with van der Waals surface area (Å²) in [5.41, 5.74) is 3.19. The molecule has 3 aromatic rings. The maximum Gasteiger partial charge on any atom is 0.0976 e. The number of oxime groups is 1. The zero-order valence-electron chi connectivity index (χ0n) is 12.1. The van der Waals surface area contributed by atoms with E-state index < -0.39 is 0 Å². The van der Waals surface area contributed by atoms with Crippen LogP contribution >= 0.6 is 11.3 Å². The van der Waals surface area contributed by atoms with E-state index in [0.29, 0.717) is 6.42 Å². The molecule has 2 aromatic carbocycles. The second-order valence-corrected chi connectivity index (χ2v) is 6.05. The van der Waals surface area contributed by atoms with Crippen molar-refractivity contribution in [1.29, 1.82) is 0 Å². The molecule has 110 valence electrons. The second-order valence-electron chi connectivity index (χ2n) is 5.10. The Hall–Kier alpha value is -2.39. The molecule has 0 aliphatic rings. The minimum absolute atomic E-state index is 0.176. The van der Waals surface area contributed by atoms with Crippen molar-refractivity contribution in [2.75, 3.05) is 0 Å². The van der Waals surface area contributed by atoms with Gasteiger partial charge in [0.05, 0.1) is 10.6 Å². The van der Waals surface area contributed by atoms with Gasteiger partial charge >= 0.3 is 0 Å². The minimum Gasteiger partial charge on any atom is -0.411 e. The maximum atomic E-state index is 9.44. The highest BCUT2D eigenvalue weighted by Gasteiger charge is 2.18. The molecular formula is C19H17NOS. The number of thiophene rings is 1. The van der Waals surface area contributed by atoms with Crippen LogP contribution in [-0.2, 0) is 0 Å². The number of benzene rings is 2. The number of nitrogens with zero attached hydrogens (tertiary/aromatic N) is 1. The summed E-state index contributed by atoms with van der Waals surface area (Å²) in [5.74, 6) is 0.176. The summed E-state index contributed by atoms with van der Waals surface area (Å²) in [6.07, 6.45) is 0.672. The molecule has 0 amide bonds.